The highest BCUT2D eigenvalue weighted by Crippen LogP contribution is 2.21. The van der Waals surface area contributed by atoms with Crippen LogP contribution in [0.25, 0.3) is 0 Å². The van der Waals surface area contributed by atoms with Crippen LogP contribution in [0.3, 0.4) is 0 Å². The topological polar surface area (TPSA) is 64.9 Å². The summed E-state index contributed by atoms with van der Waals surface area (Å²) in [6, 6.07) is 3.74. The van der Waals surface area contributed by atoms with Gasteiger partial charge in [-0.15, -0.1) is 0 Å². The predicted molar refractivity (Wildman–Crippen MR) is 59.5 cm³/mol. The van der Waals surface area contributed by atoms with Crippen molar-refractivity contribution in [3.05, 3.63) is 36.2 Å². The molecule has 15 heavy (non-hydrogen) atoms. The molecule has 2 heterocycles. The number of nitrogens with two attached hydrogens (primary N) is 1. The summed E-state index contributed by atoms with van der Waals surface area (Å²) in [7, 11) is 0. The Bertz CT molecular complexity index is 438. The Kier molecular flexibility index (Phi) is 2.91. The summed E-state index contributed by atoms with van der Waals surface area (Å²) in [6.45, 7) is 1.90. The van der Waals surface area contributed by atoms with E-state index in [1.807, 2.05) is 19.1 Å². The SMILES string of the molecule is Cc1ocnc1CSc1ccc(N)cn1. The van der Waals surface area contributed by atoms with Crippen LogP contribution in [0.4, 0.5) is 5.69 Å². The van der Waals surface area contributed by atoms with Gasteiger partial charge in [0.05, 0.1) is 22.6 Å². The second kappa shape index (κ2) is 4.35. The predicted octanol–water partition coefficient (Wildman–Crippen LogP) is 2.25. The van der Waals surface area contributed by atoms with E-state index in [0.29, 0.717) is 5.69 Å². The summed E-state index contributed by atoms with van der Waals surface area (Å²) < 4.78 is 5.11. The average molecular weight is 221 g/mol. The van der Waals surface area contributed by atoms with Gasteiger partial charge in [0.15, 0.2) is 6.39 Å². The molecule has 0 aliphatic rings. The first-order valence-electron chi connectivity index (χ1n) is 4.49. The number of nitrogen functional groups attached to an aromatic ring is 1. The van der Waals surface area contributed by atoms with E-state index in [0.717, 1.165) is 22.2 Å². The van der Waals surface area contributed by atoms with Crippen LogP contribution < -0.4 is 5.73 Å². The van der Waals surface area contributed by atoms with Gasteiger partial charge in [-0.05, 0) is 19.1 Å². The molecule has 0 fully saturated rings. The van der Waals surface area contributed by atoms with E-state index in [9.17, 15) is 0 Å². The van der Waals surface area contributed by atoms with E-state index in [-0.39, 0.29) is 0 Å². The highest BCUT2D eigenvalue weighted by atomic mass is 32.2. The minimum atomic E-state index is 0.678. The number of pyridine rings is 1. The molecule has 2 aromatic rings. The maximum absolute atomic E-state index is 5.54. The Morgan fingerprint density at radius 3 is 2.87 bits per heavy atom. The molecular weight excluding hydrogens is 210 g/mol. The number of aryl methyl sites for hydroxylation is 1. The molecule has 0 bridgehead atoms. The van der Waals surface area contributed by atoms with Gasteiger partial charge in [-0.25, -0.2) is 9.97 Å². The standard InChI is InChI=1S/C10H11N3OS/c1-7-9(13-6-14-7)5-15-10-3-2-8(11)4-12-10/h2-4,6H,5,11H2,1H3. The molecule has 0 aliphatic heterocycles. The normalized spacial score (nSPS) is 10.5. The molecular formula is C10H11N3OS. The highest BCUT2D eigenvalue weighted by Gasteiger charge is 2.04. The van der Waals surface area contributed by atoms with Crippen LogP contribution in [0.5, 0.6) is 0 Å². The van der Waals surface area contributed by atoms with Gasteiger partial charge in [0, 0.05) is 5.75 Å². The summed E-state index contributed by atoms with van der Waals surface area (Å²) in [6.07, 6.45) is 3.11. The van der Waals surface area contributed by atoms with Crippen LogP contribution in [0, 0.1) is 6.92 Å². The van der Waals surface area contributed by atoms with E-state index >= 15 is 0 Å². The average Bonchev–Trinajstić information content (AvgIpc) is 2.63. The third-order valence-electron chi connectivity index (χ3n) is 1.96. The van der Waals surface area contributed by atoms with Gasteiger partial charge in [0.2, 0.25) is 0 Å². The Hall–Kier alpha value is -1.49. The second-order valence-corrected chi connectivity index (χ2v) is 4.07. The number of hydrogen-bond donors (Lipinski definition) is 1. The molecule has 4 nitrogen and oxygen atoms in total. The van der Waals surface area contributed by atoms with Gasteiger partial charge >= 0.3 is 0 Å². The molecule has 0 aromatic carbocycles. The zero-order chi connectivity index (χ0) is 10.7. The minimum Gasteiger partial charge on any atom is -0.448 e. The molecule has 0 aliphatic carbocycles. The van der Waals surface area contributed by atoms with E-state index < -0.39 is 0 Å². The molecule has 0 saturated carbocycles. The molecule has 0 unspecified atom stereocenters. The van der Waals surface area contributed by atoms with Crippen molar-refractivity contribution in [3.63, 3.8) is 0 Å². The van der Waals surface area contributed by atoms with Crippen LogP contribution in [0.15, 0.2) is 34.2 Å². The second-order valence-electron chi connectivity index (χ2n) is 3.07. The van der Waals surface area contributed by atoms with E-state index in [1.165, 1.54) is 6.39 Å². The van der Waals surface area contributed by atoms with Gasteiger partial charge in [-0.2, -0.15) is 0 Å². The largest absolute Gasteiger partial charge is 0.448 e. The number of anilines is 1. The van der Waals surface area contributed by atoms with Crippen molar-refractivity contribution in [3.8, 4) is 0 Å². The van der Waals surface area contributed by atoms with Gasteiger partial charge in [0.25, 0.3) is 0 Å². The smallest absolute Gasteiger partial charge is 0.181 e. The Labute approximate surface area is 91.9 Å². The number of nitrogens with zero attached hydrogens (tertiary/aromatic N) is 2. The van der Waals surface area contributed by atoms with Crippen molar-refractivity contribution >= 4 is 17.4 Å². The lowest BCUT2D eigenvalue weighted by Crippen LogP contribution is -1.88. The summed E-state index contributed by atoms with van der Waals surface area (Å²) in [4.78, 5) is 8.30. The molecule has 0 saturated heterocycles. The van der Waals surface area contributed by atoms with Crippen LogP contribution in [0.2, 0.25) is 0 Å². The van der Waals surface area contributed by atoms with Crippen molar-refractivity contribution in [2.75, 3.05) is 5.73 Å². The Balaban J connectivity index is 1.99. The molecule has 0 spiro atoms. The van der Waals surface area contributed by atoms with Crippen molar-refractivity contribution in [1.82, 2.24) is 9.97 Å². The summed E-state index contributed by atoms with van der Waals surface area (Å²) in [5.74, 6) is 1.62. The number of hydrogen-bond acceptors (Lipinski definition) is 5. The molecule has 78 valence electrons. The lowest BCUT2D eigenvalue weighted by molar-refractivity contribution is 0.525. The third kappa shape index (κ3) is 2.50. The molecule has 0 amide bonds. The Morgan fingerprint density at radius 2 is 2.27 bits per heavy atom. The van der Waals surface area contributed by atoms with Crippen LogP contribution >= 0.6 is 11.8 Å². The first-order valence-corrected chi connectivity index (χ1v) is 5.47. The van der Waals surface area contributed by atoms with Crippen molar-refractivity contribution in [2.45, 2.75) is 17.7 Å². The van der Waals surface area contributed by atoms with Gasteiger partial charge in [-0.1, -0.05) is 11.8 Å². The number of aromatic nitrogens is 2. The van der Waals surface area contributed by atoms with E-state index in [4.69, 9.17) is 10.2 Å². The number of thioether (sulfide) groups is 1. The number of rotatable bonds is 3. The minimum absolute atomic E-state index is 0.678. The summed E-state index contributed by atoms with van der Waals surface area (Å²) in [5, 5.41) is 0.937. The van der Waals surface area contributed by atoms with E-state index in [1.54, 1.807) is 18.0 Å². The third-order valence-corrected chi connectivity index (χ3v) is 2.92. The molecule has 5 heteroatoms. The maximum Gasteiger partial charge on any atom is 0.181 e. The zero-order valence-corrected chi connectivity index (χ0v) is 9.12. The van der Waals surface area contributed by atoms with E-state index in [2.05, 4.69) is 9.97 Å². The van der Waals surface area contributed by atoms with Crippen LogP contribution in [-0.2, 0) is 5.75 Å². The van der Waals surface area contributed by atoms with Crippen molar-refractivity contribution in [2.24, 2.45) is 0 Å². The number of oxazole rings is 1. The highest BCUT2D eigenvalue weighted by molar-refractivity contribution is 7.98. The maximum atomic E-state index is 5.54. The van der Waals surface area contributed by atoms with Gasteiger partial charge < -0.3 is 10.2 Å². The lowest BCUT2D eigenvalue weighted by Gasteiger charge is -1.99. The summed E-state index contributed by atoms with van der Waals surface area (Å²) >= 11 is 1.61. The van der Waals surface area contributed by atoms with Crippen molar-refractivity contribution in [1.29, 1.82) is 0 Å². The van der Waals surface area contributed by atoms with Crippen LogP contribution in [-0.4, -0.2) is 9.97 Å². The fraction of sp³-hybridized carbons (Fsp3) is 0.200. The van der Waals surface area contributed by atoms with Crippen LogP contribution in [0.1, 0.15) is 11.5 Å². The Morgan fingerprint density at radius 1 is 1.40 bits per heavy atom. The zero-order valence-electron chi connectivity index (χ0n) is 8.30. The fourth-order valence-electron chi connectivity index (χ4n) is 1.09. The first-order chi connectivity index (χ1) is 7.25. The lowest BCUT2D eigenvalue weighted by atomic mass is 10.4. The molecule has 0 atom stereocenters. The molecule has 0 radical (unpaired) electrons. The first kappa shape index (κ1) is 10.0. The fourth-order valence-corrected chi connectivity index (χ4v) is 1.94. The summed E-state index contributed by atoms with van der Waals surface area (Å²) in [5.41, 5.74) is 7.18. The molecule has 2 aromatic heterocycles. The van der Waals surface area contributed by atoms with Gasteiger partial charge in [0.1, 0.15) is 5.76 Å². The monoisotopic (exact) mass is 221 g/mol. The quantitative estimate of drug-likeness (QED) is 0.805. The molecule has 2 rings (SSSR count). The van der Waals surface area contributed by atoms with Crippen molar-refractivity contribution < 1.29 is 4.42 Å². The molecule has 2 N–H and O–H groups in total. The van der Waals surface area contributed by atoms with Gasteiger partial charge in [-0.3, -0.25) is 0 Å².